The van der Waals surface area contributed by atoms with E-state index in [9.17, 15) is 4.79 Å². The zero-order chi connectivity index (χ0) is 23.8. The second-order valence-electron chi connectivity index (χ2n) is 7.35. The number of para-hydroxylation sites is 1. The lowest BCUT2D eigenvalue weighted by atomic mass is 10.2. The molecule has 0 spiro atoms. The van der Waals surface area contributed by atoms with Gasteiger partial charge in [0.2, 0.25) is 5.82 Å². The number of benzene rings is 3. The second kappa shape index (κ2) is 8.85. The SMILES string of the molecule is COc1cc(C=Nn2c(-c3cc4cc(Cl)ccc4o3)nc3ccccc3c2=O)cc(Cl)c1OC. The second-order valence-corrected chi connectivity index (χ2v) is 8.19. The lowest BCUT2D eigenvalue weighted by Gasteiger charge is -2.10. The summed E-state index contributed by atoms with van der Waals surface area (Å²) in [5, 5.41) is 6.57. The van der Waals surface area contributed by atoms with Crippen molar-refractivity contribution in [1.29, 1.82) is 0 Å². The largest absolute Gasteiger partial charge is 0.493 e. The number of aromatic nitrogens is 2. The van der Waals surface area contributed by atoms with Crippen LogP contribution in [0.5, 0.6) is 11.5 Å². The minimum absolute atomic E-state index is 0.249. The van der Waals surface area contributed by atoms with E-state index in [0.29, 0.717) is 49.4 Å². The smallest absolute Gasteiger partial charge is 0.282 e. The summed E-state index contributed by atoms with van der Waals surface area (Å²) in [4.78, 5) is 18.0. The topological polar surface area (TPSA) is 78.9 Å². The Balaban J connectivity index is 1.70. The molecule has 3 aromatic carbocycles. The maximum absolute atomic E-state index is 13.4. The predicted molar refractivity (Wildman–Crippen MR) is 134 cm³/mol. The number of hydrogen-bond acceptors (Lipinski definition) is 6. The van der Waals surface area contributed by atoms with Crippen molar-refractivity contribution in [2.45, 2.75) is 0 Å². The summed E-state index contributed by atoms with van der Waals surface area (Å²) in [5.41, 5.74) is 1.40. The number of nitrogens with zero attached hydrogens (tertiary/aromatic N) is 3. The first-order valence-corrected chi connectivity index (χ1v) is 10.9. The van der Waals surface area contributed by atoms with E-state index in [-0.39, 0.29) is 11.4 Å². The molecule has 0 saturated heterocycles. The van der Waals surface area contributed by atoms with Gasteiger partial charge in [-0.05, 0) is 54.1 Å². The molecule has 0 fully saturated rings. The molecule has 0 aliphatic rings. The number of halogens is 2. The van der Waals surface area contributed by atoms with E-state index in [1.54, 1.807) is 54.6 Å². The molecule has 0 N–H and O–H groups in total. The maximum atomic E-state index is 13.4. The van der Waals surface area contributed by atoms with Gasteiger partial charge in [-0.2, -0.15) is 9.78 Å². The van der Waals surface area contributed by atoms with Crippen molar-refractivity contribution in [2.24, 2.45) is 5.10 Å². The highest BCUT2D eigenvalue weighted by Crippen LogP contribution is 2.35. The van der Waals surface area contributed by atoms with E-state index in [4.69, 9.17) is 37.1 Å². The molecule has 0 aliphatic heterocycles. The molecule has 2 heterocycles. The number of rotatable bonds is 5. The molecule has 0 aliphatic carbocycles. The van der Waals surface area contributed by atoms with E-state index in [2.05, 4.69) is 10.1 Å². The maximum Gasteiger partial charge on any atom is 0.282 e. The van der Waals surface area contributed by atoms with Gasteiger partial charge in [0.1, 0.15) is 5.58 Å². The molecule has 0 amide bonds. The zero-order valence-electron chi connectivity index (χ0n) is 18.1. The normalized spacial score (nSPS) is 11.5. The Morgan fingerprint density at radius 3 is 2.65 bits per heavy atom. The highest BCUT2D eigenvalue weighted by atomic mass is 35.5. The number of hydrogen-bond donors (Lipinski definition) is 0. The summed E-state index contributed by atoms with van der Waals surface area (Å²) >= 11 is 12.4. The molecule has 170 valence electrons. The molecule has 0 unspecified atom stereocenters. The molecule has 7 nitrogen and oxygen atoms in total. The highest BCUT2D eigenvalue weighted by molar-refractivity contribution is 6.32. The van der Waals surface area contributed by atoms with Crippen molar-refractivity contribution in [3.63, 3.8) is 0 Å². The van der Waals surface area contributed by atoms with Crippen LogP contribution in [-0.2, 0) is 0 Å². The quantitative estimate of drug-likeness (QED) is 0.280. The third-order valence-corrected chi connectivity index (χ3v) is 5.75. The van der Waals surface area contributed by atoms with Crippen LogP contribution in [0.15, 0.2) is 75.0 Å². The molecule has 0 saturated carbocycles. The van der Waals surface area contributed by atoms with Gasteiger partial charge in [-0.3, -0.25) is 4.79 Å². The Morgan fingerprint density at radius 1 is 1.03 bits per heavy atom. The van der Waals surface area contributed by atoms with Gasteiger partial charge < -0.3 is 13.9 Å². The van der Waals surface area contributed by atoms with Gasteiger partial charge in [0.25, 0.3) is 5.56 Å². The van der Waals surface area contributed by atoms with E-state index in [1.165, 1.54) is 25.1 Å². The monoisotopic (exact) mass is 493 g/mol. The first kappa shape index (κ1) is 22.0. The van der Waals surface area contributed by atoms with Gasteiger partial charge in [-0.25, -0.2) is 4.98 Å². The Morgan fingerprint density at radius 2 is 1.85 bits per heavy atom. The van der Waals surface area contributed by atoms with Crippen molar-refractivity contribution in [3.05, 3.63) is 86.6 Å². The van der Waals surface area contributed by atoms with Crippen LogP contribution >= 0.6 is 23.2 Å². The van der Waals surface area contributed by atoms with Crippen molar-refractivity contribution in [2.75, 3.05) is 14.2 Å². The van der Waals surface area contributed by atoms with Crippen molar-refractivity contribution in [1.82, 2.24) is 9.66 Å². The standard InChI is InChI=1S/C25H17Cl2N3O4/c1-32-21-10-14(9-18(27)23(21)33-2)13-28-30-24(29-19-6-4-3-5-17(19)25(30)31)22-12-15-11-16(26)7-8-20(15)34-22/h3-13H,1-2H3. The fourth-order valence-electron chi connectivity index (χ4n) is 3.65. The van der Waals surface area contributed by atoms with Gasteiger partial charge in [0.15, 0.2) is 17.3 Å². The highest BCUT2D eigenvalue weighted by Gasteiger charge is 2.17. The summed E-state index contributed by atoms with van der Waals surface area (Å²) < 4.78 is 17.8. The van der Waals surface area contributed by atoms with E-state index in [1.807, 2.05) is 6.07 Å². The van der Waals surface area contributed by atoms with E-state index < -0.39 is 0 Å². The Labute approximate surface area is 203 Å². The van der Waals surface area contributed by atoms with Gasteiger partial charge in [-0.1, -0.05) is 35.3 Å². The van der Waals surface area contributed by atoms with Crippen LogP contribution in [0, 0.1) is 0 Å². The first-order valence-electron chi connectivity index (χ1n) is 10.2. The molecule has 5 rings (SSSR count). The number of ether oxygens (including phenoxy) is 2. The summed E-state index contributed by atoms with van der Waals surface area (Å²) in [5.74, 6) is 1.48. The first-order chi connectivity index (χ1) is 16.5. The molecule has 2 aromatic heterocycles. The summed E-state index contributed by atoms with van der Waals surface area (Å²) in [7, 11) is 3.02. The molecule has 34 heavy (non-hydrogen) atoms. The number of furan rings is 1. The van der Waals surface area contributed by atoms with Crippen LogP contribution in [0.1, 0.15) is 5.56 Å². The molecule has 0 atom stereocenters. The fourth-order valence-corrected chi connectivity index (χ4v) is 4.13. The lowest BCUT2D eigenvalue weighted by molar-refractivity contribution is 0.355. The molecule has 0 bridgehead atoms. The minimum atomic E-state index is -0.345. The van der Waals surface area contributed by atoms with Crippen LogP contribution < -0.4 is 15.0 Å². The summed E-state index contributed by atoms with van der Waals surface area (Å²) in [6.07, 6.45) is 1.49. The van der Waals surface area contributed by atoms with Gasteiger partial charge in [-0.15, -0.1) is 0 Å². The molecule has 0 radical (unpaired) electrons. The van der Waals surface area contributed by atoms with Crippen LogP contribution in [0.4, 0.5) is 0 Å². The number of fused-ring (bicyclic) bond motifs is 2. The lowest BCUT2D eigenvalue weighted by Crippen LogP contribution is -2.20. The molecule has 5 aromatic rings. The van der Waals surface area contributed by atoms with Crippen LogP contribution in [-0.4, -0.2) is 30.1 Å². The molecular weight excluding hydrogens is 477 g/mol. The predicted octanol–water partition coefficient (Wildman–Crippen LogP) is 6.02. The van der Waals surface area contributed by atoms with Crippen molar-refractivity contribution < 1.29 is 13.9 Å². The van der Waals surface area contributed by atoms with Gasteiger partial charge in [0, 0.05) is 10.4 Å². The van der Waals surface area contributed by atoms with Crippen LogP contribution in [0.25, 0.3) is 33.5 Å². The minimum Gasteiger partial charge on any atom is -0.493 e. The Kier molecular flexibility index (Phi) is 5.73. The molecular formula is C25H17Cl2N3O4. The van der Waals surface area contributed by atoms with Gasteiger partial charge >= 0.3 is 0 Å². The van der Waals surface area contributed by atoms with Crippen molar-refractivity contribution in [3.8, 4) is 23.1 Å². The van der Waals surface area contributed by atoms with E-state index >= 15 is 0 Å². The third-order valence-electron chi connectivity index (χ3n) is 5.23. The van der Waals surface area contributed by atoms with E-state index in [0.717, 1.165) is 5.39 Å². The Hall–Kier alpha value is -3.81. The molecule has 9 heteroatoms. The van der Waals surface area contributed by atoms with Gasteiger partial charge in [0.05, 0.1) is 36.4 Å². The van der Waals surface area contributed by atoms with Crippen LogP contribution in [0.3, 0.4) is 0 Å². The zero-order valence-corrected chi connectivity index (χ0v) is 19.6. The summed E-state index contributed by atoms with van der Waals surface area (Å²) in [6, 6.07) is 17.5. The number of methoxy groups -OCH3 is 2. The fraction of sp³-hybridized carbons (Fsp3) is 0.0800. The average Bonchev–Trinajstić information content (AvgIpc) is 3.26. The third kappa shape index (κ3) is 3.89. The van der Waals surface area contributed by atoms with Crippen molar-refractivity contribution >= 4 is 51.3 Å². The summed E-state index contributed by atoms with van der Waals surface area (Å²) in [6.45, 7) is 0. The van der Waals surface area contributed by atoms with Crippen LogP contribution in [0.2, 0.25) is 10.0 Å². The Bertz CT molecular complexity index is 1640. The average molecular weight is 494 g/mol.